The summed E-state index contributed by atoms with van der Waals surface area (Å²) in [5.41, 5.74) is 1.14. The minimum atomic E-state index is -0.252. The number of hydrogen-bond donors (Lipinski definition) is 1. The van der Waals surface area contributed by atoms with Crippen molar-refractivity contribution in [2.45, 2.75) is 50.7 Å². The third-order valence-electron chi connectivity index (χ3n) is 2.24. The second-order valence-electron chi connectivity index (χ2n) is 4.09. The van der Waals surface area contributed by atoms with Crippen molar-refractivity contribution in [3.8, 4) is 0 Å². The highest BCUT2D eigenvalue weighted by Crippen LogP contribution is 2.24. The summed E-state index contributed by atoms with van der Waals surface area (Å²) in [6.07, 6.45) is -0.252. The fourth-order valence-corrected chi connectivity index (χ4v) is 2.81. The van der Waals surface area contributed by atoms with Crippen molar-refractivity contribution in [3.63, 3.8) is 0 Å². The lowest BCUT2D eigenvalue weighted by atomic mass is 10.2. The third-order valence-corrected chi connectivity index (χ3v) is 4.81. The van der Waals surface area contributed by atoms with E-state index < -0.39 is 0 Å². The molecule has 1 aromatic rings. The molecule has 2 atom stereocenters. The van der Waals surface area contributed by atoms with Gasteiger partial charge in [-0.3, -0.25) is 0 Å². The number of hydrogen-bond acceptors (Lipinski definition) is 4. The van der Waals surface area contributed by atoms with Crippen LogP contribution in [0.1, 0.15) is 44.3 Å². The minimum absolute atomic E-state index is 0.252. The third kappa shape index (κ3) is 4.13. The zero-order chi connectivity index (χ0) is 11.4. The lowest BCUT2D eigenvalue weighted by Crippen LogP contribution is -2.15. The quantitative estimate of drug-likeness (QED) is 0.864. The van der Waals surface area contributed by atoms with E-state index >= 15 is 0 Å². The van der Waals surface area contributed by atoms with Crippen LogP contribution in [0.3, 0.4) is 0 Å². The van der Waals surface area contributed by atoms with Crippen LogP contribution >= 0.6 is 23.1 Å². The SMILES string of the molecule is CC(C)c1nc(CSC(C)C(C)O)cs1. The summed E-state index contributed by atoms with van der Waals surface area (Å²) in [6.45, 7) is 8.20. The zero-order valence-corrected chi connectivity index (χ0v) is 11.4. The first-order valence-electron chi connectivity index (χ1n) is 5.24. The maximum Gasteiger partial charge on any atom is 0.0954 e. The molecule has 0 radical (unpaired) electrons. The van der Waals surface area contributed by atoms with Crippen molar-refractivity contribution in [3.05, 3.63) is 16.1 Å². The van der Waals surface area contributed by atoms with E-state index in [1.165, 1.54) is 5.01 Å². The Morgan fingerprint density at radius 2 is 2.07 bits per heavy atom. The van der Waals surface area contributed by atoms with Crippen LogP contribution in [0.15, 0.2) is 5.38 Å². The van der Waals surface area contributed by atoms with Gasteiger partial charge in [0.2, 0.25) is 0 Å². The lowest BCUT2D eigenvalue weighted by molar-refractivity contribution is 0.196. The Balaban J connectivity index is 2.44. The zero-order valence-electron chi connectivity index (χ0n) is 9.73. The van der Waals surface area contributed by atoms with E-state index in [-0.39, 0.29) is 11.4 Å². The van der Waals surface area contributed by atoms with Crippen LogP contribution in [0.4, 0.5) is 0 Å². The highest BCUT2D eigenvalue weighted by Gasteiger charge is 2.11. The molecule has 0 saturated carbocycles. The van der Waals surface area contributed by atoms with Gasteiger partial charge in [0.25, 0.3) is 0 Å². The van der Waals surface area contributed by atoms with Crippen LogP contribution in [0.5, 0.6) is 0 Å². The van der Waals surface area contributed by atoms with E-state index in [1.807, 2.05) is 13.8 Å². The van der Waals surface area contributed by atoms with Crippen molar-refractivity contribution in [2.75, 3.05) is 0 Å². The van der Waals surface area contributed by atoms with Gasteiger partial charge in [-0.15, -0.1) is 23.1 Å². The Bertz CT molecular complexity index is 297. The number of rotatable bonds is 5. The van der Waals surface area contributed by atoms with Crippen molar-refractivity contribution >= 4 is 23.1 Å². The van der Waals surface area contributed by atoms with Gasteiger partial charge in [0.15, 0.2) is 0 Å². The van der Waals surface area contributed by atoms with Gasteiger partial charge in [-0.1, -0.05) is 20.8 Å². The number of nitrogens with zero attached hydrogens (tertiary/aromatic N) is 1. The van der Waals surface area contributed by atoms with Crippen LogP contribution in [-0.2, 0) is 5.75 Å². The van der Waals surface area contributed by atoms with Crippen molar-refractivity contribution < 1.29 is 5.11 Å². The molecule has 0 aromatic carbocycles. The molecule has 4 heteroatoms. The van der Waals surface area contributed by atoms with Gasteiger partial charge < -0.3 is 5.11 Å². The van der Waals surface area contributed by atoms with E-state index in [4.69, 9.17) is 0 Å². The average molecular weight is 245 g/mol. The molecular weight excluding hydrogens is 226 g/mol. The molecule has 0 aliphatic rings. The van der Waals surface area contributed by atoms with Crippen LogP contribution in [0.2, 0.25) is 0 Å². The molecule has 2 nitrogen and oxygen atoms in total. The molecule has 0 spiro atoms. The number of thioether (sulfide) groups is 1. The standard InChI is InChI=1S/C11H19NOS2/c1-7(2)11-12-10(6-15-11)5-14-9(4)8(3)13/h6-9,13H,5H2,1-4H3. The van der Waals surface area contributed by atoms with Crippen LogP contribution in [0, 0.1) is 0 Å². The van der Waals surface area contributed by atoms with Gasteiger partial charge in [0.05, 0.1) is 16.8 Å². The summed E-state index contributed by atoms with van der Waals surface area (Å²) in [4.78, 5) is 4.56. The summed E-state index contributed by atoms with van der Waals surface area (Å²) in [5, 5.41) is 13.0. The Morgan fingerprint density at radius 3 is 2.53 bits per heavy atom. The molecule has 2 unspecified atom stereocenters. The van der Waals surface area contributed by atoms with E-state index in [9.17, 15) is 5.11 Å². The first-order chi connectivity index (χ1) is 7.00. The lowest BCUT2D eigenvalue weighted by Gasteiger charge is -2.12. The largest absolute Gasteiger partial charge is 0.392 e. The number of aliphatic hydroxyl groups excluding tert-OH is 1. The maximum atomic E-state index is 9.35. The monoisotopic (exact) mass is 245 g/mol. The smallest absolute Gasteiger partial charge is 0.0954 e. The summed E-state index contributed by atoms with van der Waals surface area (Å²) in [7, 11) is 0. The topological polar surface area (TPSA) is 33.1 Å². The summed E-state index contributed by atoms with van der Waals surface area (Å²) < 4.78 is 0. The fourth-order valence-electron chi connectivity index (χ4n) is 1.01. The molecule has 86 valence electrons. The van der Waals surface area contributed by atoms with Gasteiger partial charge >= 0.3 is 0 Å². The van der Waals surface area contributed by atoms with Gasteiger partial charge in [0.1, 0.15) is 0 Å². The predicted octanol–water partition coefficient (Wildman–Crippen LogP) is 3.27. The van der Waals surface area contributed by atoms with Crippen LogP contribution in [0.25, 0.3) is 0 Å². The second kappa shape index (κ2) is 5.87. The van der Waals surface area contributed by atoms with Gasteiger partial charge in [-0.05, 0) is 6.92 Å². The van der Waals surface area contributed by atoms with Gasteiger partial charge in [-0.2, -0.15) is 0 Å². The first kappa shape index (κ1) is 13.0. The summed E-state index contributed by atoms with van der Waals surface area (Å²) in [5.74, 6) is 1.41. The molecule has 1 heterocycles. The number of aromatic nitrogens is 1. The first-order valence-corrected chi connectivity index (χ1v) is 7.17. The van der Waals surface area contributed by atoms with Crippen molar-refractivity contribution in [1.29, 1.82) is 0 Å². The van der Waals surface area contributed by atoms with Crippen LogP contribution < -0.4 is 0 Å². The molecule has 1 rings (SSSR count). The fraction of sp³-hybridized carbons (Fsp3) is 0.727. The minimum Gasteiger partial charge on any atom is -0.392 e. The van der Waals surface area contributed by atoms with E-state index in [0.29, 0.717) is 5.92 Å². The molecule has 0 fully saturated rings. The van der Waals surface area contributed by atoms with Crippen LogP contribution in [-0.4, -0.2) is 21.4 Å². The molecule has 1 N–H and O–H groups in total. The normalized spacial score (nSPS) is 15.6. The second-order valence-corrected chi connectivity index (χ2v) is 6.34. The maximum absolute atomic E-state index is 9.35. The molecule has 1 aromatic heterocycles. The van der Waals surface area contributed by atoms with Crippen molar-refractivity contribution in [1.82, 2.24) is 4.98 Å². The predicted molar refractivity (Wildman–Crippen MR) is 68.6 cm³/mol. The van der Waals surface area contributed by atoms with E-state index in [2.05, 4.69) is 24.2 Å². The summed E-state index contributed by atoms with van der Waals surface area (Å²) >= 11 is 3.49. The molecule has 15 heavy (non-hydrogen) atoms. The van der Waals surface area contributed by atoms with E-state index in [1.54, 1.807) is 23.1 Å². The average Bonchev–Trinajstić information content (AvgIpc) is 2.62. The van der Waals surface area contributed by atoms with Gasteiger partial charge in [-0.25, -0.2) is 4.98 Å². The van der Waals surface area contributed by atoms with E-state index in [0.717, 1.165) is 11.4 Å². The molecule has 0 amide bonds. The number of thiazole rings is 1. The Morgan fingerprint density at radius 1 is 1.40 bits per heavy atom. The highest BCUT2D eigenvalue weighted by atomic mass is 32.2. The number of aliphatic hydroxyl groups is 1. The molecular formula is C11H19NOS2. The Kier molecular flexibility index (Phi) is 5.09. The molecule has 0 saturated heterocycles. The molecule has 0 aliphatic heterocycles. The van der Waals surface area contributed by atoms with Gasteiger partial charge in [0, 0.05) is 22.3 Å². The molecule has 0 aliphatic carbocycles. The van der Waals surface area contributed by atoms with Crippen molar-refractivity contribution in [2.24, 2.45) is 0 Å². The summed E-state index contributed by atoms with van der Waals surface area (Å²) in [6, 6.07) is 0. The highest BCUT2D eigenvalue weighted by molar-refractivity contribution is 7.99. The Hall–Kier alpha value is -0.0600. The Labute approximate surface area is 100 Å². The molecule has 0 bridgehead atoms.